The molecule has 1 aliphatic carbocycles. The second kappa shape index (κ2) is 7.78. The van der Waals surface area contributed by atoms with Crippen LogP contribution in [0.1, 0.15) is 60.6 Å². The largest absolute Gasteiger partial charge is 0.448 e. The van der Waals surface area contributed by atoms with E-state index in [4.69, 9.17) is 4.74 Å². The molecule has 3 rings (SSSR count). The van der Waals surface area contributed by atoms with Gasteiger partial charge in [-0.25, -0.2) is 13.2 Å². The summed E-state index contributed by atoms with van der Waals surface area (Å²) in [5.74, 6) is -0.321. The van der Waals surface area contributed by atoms with E-state index < -0.39 is 33.9 Å². The molecular weight excluding hydrogens is 398 g/mol. The van der Waals surface area contributed by atoms with Crippen LogP contribution in [0, 0.1) is 11.3 Å². The summed E-state index contributed by atoms with van der Waals surface area (Å²) in [7, 11) is -3.07. The van der Waals surface area contributed by atoms with Gasteiger partial charge in [-0.15, -0.1) is 11.3 Å². The summed E-state index contributed by atoms with van der Waals surface area (Å²) in [6.07, 6.45) is 2.50. The van der Waals surface area contributed by atoms with Crippen LogP contribution in [0.15, 0.2) is 6.07 Å². The van der Waals surface area contributed by atoms with Crippen LogP contribution in [0.4, 0.5) is 0 Å². The minimum absolute atomic E-state index is 0.0496. The zero-order valence-corrected chi connectivity index (χ0v) is 18.5. The van der Waals surface area contributed by atoms with Crippen molar-refractivity contribution in [2.45, 2.75) is 65.5 Å². The first kappa shape index (κ1) is 21.3. The van der Waals surface area contributed by atoms with Crippen LogP contribution < -0.4 is 5.32 Å². The van der Waals surface area contributed by atoms with E-state index in [1.807, 2.05) is 6.07 Å². The predicted octanol–water partition coefficient (Wildman–Crippen LogP) is 2.75. The van der Waals surface area contributed by atoms with E-state index in [0.29, 0.717) is 17.2 Å². The topological polar surface area (TPSA) is 89.5 Å². The van der Waals surface area contributed by atoms with Gasteiger partial charge in [-0.2, -0.15) is 0 Å². The minimum atomic E-state index is -3.07. The highest BCUT2D eigenvalue weighted by molar-refractivity contribution is 7.91. The Bertz CT molecular complexity index is 866. The van der Waals surface area contributed by atoms with Crippen molar-refractivity contribution in [3.05, 3.63) is 21.4 Å². The first-order valence-electron chi connectivity index (χ1n) is 9.78. The van der Waals surface area contributed by atoms with Crippen molar-refractivity contribution in [1.82, 2.24) is 5.32 Å². The molecule has 6 nitrogen and oxygen atoms in total. The molecule has 0 aromatic carbocycles. The second-order valence-corrected chi connectivity index (χ2v) is 12.4. The van der Waals surface area contributed by atoms with E-state index in [1.165, 1.54) is 28.7 Å². The van der Waals surface area contributed by atoms with Gasteiger partial charge in [0.05, 0.1) is 11.5 Å². The summed E-state index contributed by atoms with van der Waals surface area (Å²) in [6.45, 7) is 8.26. The highest BCUT2D eigenvalue weighted by Gasteiger charge is 2.32. The summed E-state index contributed by atoms with van der Waals surface area (Å²) in [4.78, 5) is 26.5. The number of hydrogen-bond acceptors (Lipinski definition) is 6. The van der Waals surface area contributed by atoms with E-state index in [9.17, 15) is 18.0 Å². The Balaban J connectivity index is 1.58. The molecular formula is C20H29NO5S2. The molecule has 2 heterocycles. The Kier molecular flexibility index (Phi) is 5.92. The van der Waals surface area contributed by atoms with Crippen LogP contribution in [-0.4, -0.2) is 43.9 Å². The van der Waals surface area contributed by atoms with Gasteiger partial charge in [0.1, 0.15) is 4.88 Å². The third kappa shape index (κ3) is 4.95. The van der Waals surface area contributed by atoms with Crippen molar-refractivity contribution in [2.75, 3.05) is 11.5 Å². The Hall–Kier alpha value is -1.41. The number of thiophene rings is 1. The fourth-order valence-electron chi connectivity index (χ4n) is 3.86. The van der Waals surface area contributed by atoms with E-state index in [1.54, 1.807) is 0 Å². The first-order chi connectivity index (χ1) is 12.9. The fourth-order valence-corrected chi connectivity index (χ4v) is 6.63. The average molecular weight is 428 g/mol. The predicted molar refractivity (Wildman–Crippen MR) is 109 cm³/mol. The first-order valence-corrected chi connectivity index (χ1v) is 12.4. The molecule has 0 radical (unpaired) electrons. The van der Waals surface area contributed by atoms with E-state index >= 15 is 0 Å². The van der Waals surface area contributed by atoms with Crippen LogP contribution in [0.2, 0.25) is 0 Å². The zero-order chi connectivity index (χ0) is 20.7. The minimum Gasteiger partial charge on any atom is -0.448 e. The SMILES string of the molecule is C[C@@H](OC(=O)c1cc2c(s1)CC[C@H](C(C)(C)C)C2)C(=O)N[C@H]1CCS(=O)(=O)C1. The van der Waals surface area contributed by atoms with E-state index in [0.717, 1.165) is 19.3 Å². The summed E-state index contributed by atoms with van der Waals surface area (Å²) in [6, 6.07) is 1.51. The lowest BCUT2D eigenvalue weighted by atomic mass is 9.72. The maximum Gasteiger partial charge on any atom is 0.349 e. The highest BCUT2D eigenvalue weighted by atomic mass is 32.2. The number of amides is 1. The van der Waals surface area contributed by atoms with Crippen LogP contribution >= 0.6 is 11.3 Å². The zero-order valence-electron chi connectivity index (χ0n) is 16.9. The van der Waals surface area contributed by atoms with Crippen molar-refractivity contribution in [3.63, 3.8) is 0 Å². The fraction of sp³-hybridized carbons (Fsp3) is 0.700. The molecule has 1 fully saturated rings. The summed E-state index contributed by atoms with van der Waals surface area (Å²) >= 11 is 1.46. The van der Waals surface area contributed by atoms with Crippen molar-refractivity contribution in [2.24, 2.45) is 11.3 Å². The van der Waals surface area contributed by atoms with Gasteiger partial charge in [0.2, 0.25) is 0 Å². The van der Waals surface area contributed by atoms with Crippen molar-refractivity contribution >= 4 is 33.1 Å². The Labute approximate surface area is 171 Å². The molecule has 1 saturated heterocycles. The summed E-state index contributed by atoms with van der Waals surface area (Å²) < 4.78 is 28.3. The number of rotatable bonds is 4. The number of nitrogens with one attached hydrogen (secondary N) is 1. The highest BCUT2D eigenvalue weighted by Crippen LogP contribution is 2.40. The molecule has 0 spiro atoms. The maximum atomic E-state index is 12.5. The molecule has 1 aromatic heterocycles. The van der Waals surface area contributed by atoms with Crippen molar-refractivity contribution in [1.29, 1.82) is 0 Å². The van der Waals surface area contributed by atoms with Gasteiger partial charge in [0.15, 0.2) is 15.9 Å². The monoisotopic (exact) mass is 427 g/mol. The molecule has 1 aromatic rings. The normalized spacial score (nSPS) is 25.0. The molecule has 0 unspecified atom stereocenters. The number of carbonyl (C=O) groups is 2. The number of aryl methyl sites for hydroxylation is 1. The van der Waals surface area contributed by atoms with Crippen LogP contribution in [-0.2, 0) is 32.2 Å². The Morgan fingerprint density at radius 1 is 1.29 bits per heavy atom. The van der Waals surface area contributed by atoms with Crippen molar-refractivity contribution in [3.8, 4) is 0 Å². The molecule has 156 valence electrons. The average Bonchev–Trinajstić information content (AvgIpc) is 3.16. The lowest BCUT2D eigenvalue weighted by Gasteiger charge is -2.33. The lowest BCUT2D eigenvalue weighted by molar-refractivity contribution is -0.129. The van der Waals surface area contributed by atoms with Gasteiger partial charge in [-0.05, 0) is 55.6 Å². The van der Waals surface area contributed by atoms with Gasteiger partial charge in [0, 0.05) is 10.9 Å². The Morgan fingerprint density at radius 2 is 2.00 bits per heavy atom. The summed E-state index contributed by atoms with van der Waals surface area (Å²) in [5.41, 5.74) is 1.46. The molecule has 28 heavy (non-hydrogen) atoms. The number of carbonyl (C=O) groups excluding carboxylic acids is 2. The number of sulfone groups is 1. The van der Waals surface area contributed by atoms with E-state index in [2.05, 4.69) is 26.1 Å². The Morgan fingerprint density at radius 3 is 2.61 bits per heavy atom. The number of fused-ring (bicyclic) bond motifs is 1. The van der Waals surface area contributed by atoms with Crippen LogP contribution in [0.5, 0.6) is 0 Å². The maximum absolute atomic E-state index is 12.5. The molecule has 3 atom stereocenters. The third-order valence-electron chi connectivity index (χ3n) is 5.74. The summed E-state index contributed by atoms with van der Waals surface area (Å²) in [5, 5.41) is 2.67. The smallest absolute Gasteiger partial charge is 0.349 e. The van der Waals surface area contributed by atoms with E-state index in [-0.39, 0.29) is 16.9 Å². The number of esters is 1. The van der Waals surface area contributed by atoms with Crippen LogP contribution in [0.3, 0.4) is 0 Å². The molecule has 1 N–H and O–H groups in total. The second-order valence-electron chi connectivity index (χ2n) is 9.02. The third-order valence-corrected chi connectivity index (χ3v) is 8.73. The van der Waals surface area contributed by atoms with Gasteiger partial charge >= 0.3 is 5.97 Å². The van der Waals surface area contributed by atoms with Gasteiger partial charge in [-0.3, -0.25) is 4.79 Å². The molecule has 1 amide bonds. The van der Waals surface area contributed by atoms with Crippen LogP contribution in [0.25, 0.3) is 0 Å². The van der Waals surface area contributed by atoms with Crippen molar-refractivity contribution < 1.29 is 22.7 Å². The van der Waals surface area contributed by atoms with Gasteiger partial charge in [-0.1, -0.05) is 20.8 Å². The molecule has 1 aliphatic heterocycles. The standard InChI is InChI=1S/C20H29NO5S2/c1-12(18(22)21-15-7-8-28(24,25)11-15)26-19(23)17-10-13-9-14(20(2,3)4)5-6-16(13)27-17/h10,12,14-15H,5-9,11H2,1-4H3,(H,21,22)/t12-,14+,15+/m1/s1. The quantitative estimate of drug-likeness (QED) is 0.747. The molecule has 0 saturated carbocycles. The van der Waals surface area contributed by atoms with Gasteiger partial charge < -0.3 is 10.1 Å². The molecule has 0 bridgehead atoms. The number of ether oxygens (including phenoxy) is 1. The lowest BCUT2D eigenvalue weighted by Crippen LogP contribution is -2.42. The molecule has 8 heteroatoms. The molecule has 2 aliphatic rings. The number of hydrogen-bond donors (Lipinski definition) is 1. The van der Waals surface area contributed by atoms with Gasteiger partial charge in [0.25, 0.3) is 5.91 Å².